The molecular formula is C17H23N3O. The van der Waals surface area contributed by atoms with E-state index in [1.165, 1.54) is 11.3 Å². The number of benzene rings is 1. The number of ether oxygens (including phenoxy) is 1. The van der Waals surface area contributed by atoms with Crippen LogP contribution in [0.5, 0.6) is 0 Å². The van der Waals surface area contributed by atoms with Gasteiger partial charge in [0.2, 0.25) is 0 Å². The molecule has 2 heterocycles. The predicted molar refractivity (Wildman–Crippen MR) is 84.4 cm³/mol. The molecule has 1 aromatic heterocycles. The van der Waals surface area contributed by atoms with Gasteiger partial charge in [0.05, 0.1) is 12.6 Å². The third-order valence-corrected chi connectivity index (χ3v) is 4.09. The summed E-state index contributed by atoms with van der Waals surface area (Å²) in [5.41, 5.74) is 2.50. The smallest absolute Gasteiger partial charge is 0.0679 e. The highest BCUT2D eigenvalue weighted by Gasteiger charge is 2.21. The number of nitrogens with zero attached hydrogens (tertiary/aromatic N) is 2. The zero-order chi connectivity index (χ0) is 14.5. The summed E-state index contributed by atoms with van der Waals surface area (Å²) >= 11 is 0. The molecule has 1 aliphatic rings. The van der Waals surface area contributed by atoms with Gasteiger partial charge >= 0.3 is 0 Å². The minimum atomic E-state index is 0.398. The number of hydrogen-bond donors (Lipinski definition) is 1. The van der Waals surface area contributed by atoms with Crippen LogP contribution >= 0.6 is 0 Å². The summed E-state index contributed by atoms with van der Waals surface area (Å²) in [4.78, 5) is 0. The second-order valence-electron chi connectivity index (χ2n) is 5.63. The van der Waals surface area contributed by atoms with Crippen LogP contribution in [0.1, 0.15) is 31.7 Å². The molecule has 4 heteroatoms. The number of anilines is 1. The van der Waals surface area contributed by atoms with Gasteiger partial charge in [0, 0.05) is 30.7 Å². The number of aromatic nitrogens is 2. The molecule has 3 rings (SSSR count). The third-order valence-electron chi connectivity index (χ3n) is 4.09. The summed E-state index contributed by atoms with van der Waals surface area (Å²) in [6.07, 6.45) is 7.47. The molecule has 112 valence electrons. The van der Waals surface area contributed by atoms with Gasteiger partial charge in [0.1, 0.15) is 0 Å². The highest BCUT2D eigenvalue weighted by atomic mass is 16.5. The molecule has 0 saturated carbocycles. The summed E-state index contributed by atoms with van der Waals surface area (Å²) in [6.45, 7) is 3.85. The topological polar surface area (TPSA) is 39.1 Å². The van der Waals surface area contributed by atoms with Gasteiger partial charge in [-0.25, -0.2) is 0 Å². The number of nitrogens with one attached hydrogen (secondary N) is 1. The molecular weight excluding hydrogens is 262 g/mol. The second kappa shape index (κ2) is 6.76. The maximum Gasteiger partial charge on any atom is 0.0679 e. The average Bonchev–Trinajstić information content (AvgIpc) is 3.02. The van der Waals surface area contributed by atoms with Gasteiger partial charge in [-0.05, 0) is 37.0 Å². The Morgan fingerprint density at radius 3 is 3.05 bits per heavy atom. The van der Waals surface area contributed by atoms with Crippen molar-refractivity contribution in [2.24, 2.45) is 0 Å². The predicted octanol–water partition coefficient (Wildman–Crippen LogP) is 3.30. The van der Waals surface area contributed by atoms with E-state index in [2.05, 4.69) is 41.6 Å². The lowest BCUT2D eigenvalue weighted by molar-refractivity contribution is 0.00924. The van der Waals surface area contributed by atoms with Crippen LogP contribution in [0.3, 0.4) is 0 Å². The van der Waals surface area contributed by atoms with Gasteiger partial charge < -0.3 is 10.1 Å². The van der Waals surface area contributed by atoms with Gasteiger partial charge in [0.25, 0.3) is 0 Å². The monoisotopic (exact) mass is 285 g/mol. The van der Waals surface area contributed by atoms with E-state index >= 15 is 0 Å². The van der Waals surface area contributed by atoms with Crippen molar-refractivity contribution in [2.45, 2.75) is 44.9 Å². The summed E-state index contributed by atoms with van der Waals surface area (Å²) in [7, 11) is 0. The van der Waals surface area contributed by atoms with Crippen LogP contribution in [-0.4, -0.2) is 28.5 Å². The van der Waals surface area contributed by atoms with Gasteiger partial charge in [-0.1, -0.05) is 25.1 Å². The molecule has 1 aromatic carbocycles. The molecule has 21 heavy (non-hydrogen) atoms. The molecule has 2 atom stereocenters. The van der Waals surface area contributed by atoms with Crippen molar-refractivity contribution in [3.8, 4) is 0 Å². The molecule has 2 unspecified atom stereocenters. The van der Waals surface area contributed by atoms with Crippen molar-refractivity contribution >= 4 is 5.69 Å². The van der Waals surface area contributed by atoms with Gasteiger partial charge in [-0.15, -0.1) is 0 Å². The molecule has 0 radical (unpaired) electrons. The largest absolute Gasteiger partial charge is 0.382 e. The van der Waals surface area contributed by atoms with Crippen molar-refractivity contribution in [1.29, 1.82) is 0 Å². The SMILES string of the molecule is CCC1CC(Nc2ccccc2Cn2cccn2)CCO1. The number of hydrogen-bond acceptors (Lipinski definition) is 3. The molecule has 1 N–H and O–H groups in total. The Morgan fingerprint density at radius 1 is 1.33 bits per heavy atom. The zero-order valence-corrected chi connectivity index (χ0v) is 12.5. The summed E-state index contributed by atoms with van der Waals surface area (Å²) in [5, 5.41) is 8.00. The average molecular weight is 285 g/mol. The van der Waals surface area contributed by atoms with E-state index in [0.717, 1.165) is 32.4 Å². The maximum atomic E-state index is 5.76. The Bertz CT molecular complexity index is 553. The molecule has 1 aliphatic heterocycles. The van der Waals surface area contributed by atoms with E-state index in [0.29, 0.717) is 12.1 Å². The van der Waals surface area contributed by atoms with Crippen molar-refractivity contribution in [2.75, 3.05) is 11.9 Å². The Hall–Kier alpha value is -1.81. The first kappa shape index (κ1) is 14.1. The van der Waals surface area contributed by atoms with E-state index in [1.54, 1.807) is 0 Å². The fraction of sp³-hybridized carbons (Fsp3) is 0.471. The highest BCUT2D eigenvalue weighted by molar-refractivity contribution is 5.51. The number of rotatable bonds is 5. The van der Waals surface area contributed by atoms with Gasteiger partial charge in [-0.2, -0.15) is 5.10 Å². The molecule has 1 fully saturated rings. The van der Waals surface area contributed by atoms with Crippen molar-refractivity contribution in [3.05, 3.63) is 48.3 Å². The lowest BCUT2D eigenvalue weighted by atomic mass is 10.0. The summed E-state index contributed by atoms with van der Waals surface area (Å²) in [5.74, 6) is 0. The third kappa shape index (κ3) is 3.64. The molecule has 4 nitrogen and oxygen atoms in total. The molecule has 2 aromatic rings. The van der Waals surface area contributed by atoms with Crippen LogP contribution in [0.4, 0.5) is 5.69 Å². The lowest BCUT2D eigenvalue weighted by Crippen LogP contribution is -2.34. The van der Waals surface area contributed by atoms with Crippen LogP contribution in [0.25, 0.3) is 0 Å². The normalized spacial score (nSPS) is 22.1. The van der Waals surface area contributed by atoms with Crippen LogP contribution < -0.4 is 5.32 Å². The van der Waals surface area contributed by atoms with Crippen molar-refractivity contribution in [3.63, 3.8) is 0 Å². The molecule has 0 spiro atoms. The first-order valence-corrected chi connectivity index (χ1v) is 7.78. The molecule has 0 amide bonds. The maximum absolute atomic E-state index is 5.76. The minimum absolute atomic E-state index is 0.398. The van der Waals surface area contributed by atoms with E-state index in [-0.39, 0.29) is 0 Å². The summed E-state index contributed by atoms with van der Waals surface area (Å²) < 4.78 is 7.71. The lowest BCUT2D eigenvalue weighted by Gasteiger charge is -2.30. The van der Waals surface area contributed by atoms with Crippen molar-refractivity contribution in [1.82, 2.24) is 9.78 Å². The first-order chi connectivity index (χ1) is 10.3. The van der Waals surface area contributed by atoms with Crippen LogP contribution in [0.2, 0.25) is 0 Å². The quantitative estimate of drug-likeness (QED) is 0.916. The Balaban J connectivity index is 1.70. The summed E-state index contributed by atoms with van der Waals surface area (Å²) in [6, 6.07) is 11.0. The second-order valence-corrected chi connectivity index (χ2v) is 5.63. The van der Waals surface area contributed by atoms with E-state index in [9.17, 15) is 0 Å². The van der Waals surface area contributed by atoms with E-state index < -0.39 is 0 Å². The minimum Gasteiger partial charge on any atom is -0.382 e. The molecule has 0 bridgehead atoms. The van der Waals surface area contributed by atoms with Crippen LogP contribution in [-0.2, 0) is 11.3 Å². The molecule has 0 aliphatic carbocycles. The fourth-order valence-corrected chi connectivity index (χ4v) is 2.88. The van der Waals surface area contributed by atoms with Crippen LogP contribution in [0, 0.1) is 0 Å². The van der Waals surface area contributed by atoms with E-state index in [1.807, 2.05) is 23.1 Å². The first-order valence-electron chi connectivity index (χ1n) is 7.78. The van der Waals surface area contributed by atoms with Crippen molar-refractivity contribution < 1.29 is 4.74 Å². The Labute approximate surface area is 126 Å². The van der Waals surface area contributed by atoms with E-state index in [4.69, 9.17) is 4.74 Å². The Morgan fingerprint density at radius 2 is 2.24 bits per heavy atom. The fourth-order valence-electron chi connectivity index (χ4n) is 2.88. The number of para-hydroxylation sites is 1. The van der Waals surface area contributed by atoms with Gasteiger partial charge in [0.15, 0.2) is 0 Å². The zero-order valence-electron chi connectivity index (χ0n) is 12.5. The molecule has 1 saturated heterocycles. The van der Waals surface area contributed by atoms with Gasteiger partial charge in [-0.3, -0.25) is 4.68 Å². The highest BCUT2D eigenvalue weighted by Crippen LogP contribution is 2.23. The Kier molecular flexibility index (Phi) is 4.55. The van der Waals surface area contributed by atoms with Crippen LogP contribution in [0.15, 0.2) is 42.7 Å². The standard InChI is InChI=1S/C17H23N3O/c1-2-16-12-15(8-11-21-16)19-17-7-4-3-6-14(17)13-20-10-5-9-18-20/h3-7,9-10,15-16,19H,2,8,11-13H2,1H3.